The Hall–Kier alpha value is -3.42. The van der Waals surface area contributed by atoms with E-state index in [1.54, 1.807) is 25.6 Å². The van der Waals surface area contributed by atoms with Crippen LogP contribution >= 0.6 is 0 Å². The van der Waals surface area contributed by atoms with Crippen molar-refractivity contribution in [2.24, 2.45) is 5.92 Å². The minimum absolute atomic E-state index is 0.179. The lowest BCUT2D eigenvalue weighted by molar-refractivity contribution is -0.138. The first kappa shape index (κ1) is 20.8. The summed E-state index contributed by atoms with van der Waals surface area (Å²) in [5, 5.41) is 0. The molecule has 0 bridgehead atoms. The molecule has 162 valence electrons. The maximum atomic E-state index is 13.4. The number of carbonyl (C=O) groups is 2. The molecule has 0 radical (unpaired) electrons. The largest absolute Gasteiger partial charge is 0.496 e. The summed E-state index contributed by atoms with van der Waals surface area (Å²) in [5.74, 6) is 0.949. The summed E-state index contributed by atoms with van der Waals surface area (Å²) in [4.78, 5) is 40.9. The van der Waals surface area contributed by atoms with Crippen molar-refractivity contribution in [2.45, 2.75) is 13.8 Å². The molecule has 2 aliphatic heterocycles. The smallest absolute Gasteiger partial charge is 0.277 e. The van der Waals surface area contributed by atoms with E-state index in [1.807, 2.05) is 43.0 Å². The predicted octanol–water partition coefficient (Wildman–Crippen LogP) is 2.04. The summed E-state index contributed by atoms with van der Waals surface area (Å²) >= 11 is 0. The fourth-order valence-electron chi connectivity index (χ4n) is 4.07. The topological polar surface area (TPSA) is 78.9 Å². The summed E-state index contributed by atoms with van der Waals surface area (Å²) in [6, 6.07) is 9.15. The number of methoxy groups -OCH3 is 1. The molecule has 3 heterocycles. The number of imide groups is 1. The highest BCUT2D eigenvalue weighted by molar-refractivity contribution is 6.36. The van der Waals surface area contributed by atoms with E-state index >= 15 is 0 Å². The first-order valence-electron chi connectivity index (χ1n) is 10.5. The Morgan fingerprint density at radius 3 is 2.23 bits per heavy atom. The summed E-state index contributed by atoms with van der Waals surface area (Å²) < 4.78 is 5.51. The van der Waals surface area contributed by atoms with Crippen LogP contribution in [0.25, 0.3) is 5.57 Å². The molecule has 1 aromatic carbocycles. The minimum Gasteiger partial charge on any atom is -0.496 e. The van der Waals surface area contributed by atoms with E-state index in [9.17, 15) is 9.59 Å². The van der Waals surface area contributed by atoms with Gasteiger partial charge in [-0.05, 0) is 18.1 Å². The van der Waals surface area contributed by atoms with Crippen LogP contribution in [0, 0.1) is 5.92 Å². The van der Waals surface area contributed by atoms with Crippen molar-refractivity contribution in [1.29, 1.82) is 0 Å². The Morgan fingerprint density at radius 2 is 1.58 bits per heavy atom. The molecular formula is C23H27N5O3. The van der Waals surface area contributed by atoms with Crippen molar-refractivity contribution in [2.75, 3.05) is 44.7 Å². The van der Waals surface area contributed by atoms with Gasteiger partial charge < -0.3 is 14.5 Å². The Balaban J connectivity index is 1.68. The second kappa shape index (κ2) is 8.75. The summed E-state index contributed by atoms with van der Waals surface area (Å²) in [7, 11) is 1.57. The number of ether oxygens (including phenoxy) is 1. The third kappa shape index (κ3) is 3.97. The van der Waals surface area contributed by atoms with E-state index < -0.39 is 0 Å². The van der Waals surface area contributed by atoms with Gasteiger partial charge in [-0.15, -0.1) is 0 Å². The van der Waals surface area contributed by atoms with E-state index in [-0.39, 0.29) is 17.7 Å². The molecule has 1 aromatic heterocycles. The second-order valence-corrected chi connectivity index (χ2v) is 8.06. The third-order valence-corrected chi connectivity index (χ3v) is 5.50. The normalized spacial score (nSPS) is 17.2. The van der Waals surface area contributed by atoms with Crippen LogP contribution in [0.1, 0.15) is 19.4 Å². The summed E-state index contributed by atoms with van der Waals surface area (Å²) in [6.45, 7) is 6.91. The molecule has 8 heteroatoms. The second-order valence-electron chi connectivity index (χ2n) is 8.06. The summed E-state index contributed by atoms with van der Waals surface area (Å²) in [5.41, 5.74) is 1.54. The number of carbonyl (C=O) groups excluding carboxylic acids is 2. The third-order valence-electron chi connectivity index (χ3n) is 5.50. The Labute approximate surface area is 182 Å². The van der Waals surface area contributed by atoms with Gasteiger partial charge in [0.25, 0.3) is 11.8 Å². The van der Waals surface area contributed by atoms with Gasteiger partial charge in [0.1, 0.15) is 11.4 Å². The SMILES string of the molecule is COc1ccccc1C1=C(N2CCN(c3ncccn3)CC2)C(=O)N(CC(C)C)C1=O. The Morgan fingerprint density at radius 1 is 0.935 bits per heavy atom. The number of anilines is 1. The first-order chi connectivity index (χ1) is 15.0. The average molecular weight is 422 g/mol. The molecule has 0 spiro atoms. The fourth-order valence-corrected chi connectivity index (χ4v) is 4.07. The van der Waals surface area contributed by atoms with Crippen molar-refractivity contribution in [1.82, 2.24) is 19.8 Å². The summed E-state index contributed by atoms with van der Waals surface area (Å²) in [6.07, 6.45) is 3.44. The lowest BCUT2D eigenvalue weighted by Gasteiger charge is -2.36. The van der Waals surface area contributed by atoms with Crippen molar-refractivity contribution in [3.8, 4) is 5.75 Å². The number of nitrogens with zero attached hydrogens (tertiary/aromatic N) is 5. The van der Waals surface area contributed by atoms with Gasteiger partial charge in [0.2, 0.25) is 5.95 Å². The highest BCUT2D eigenvalue weighted by Gasteiger charge is 2.43. The fraction of sp³-hybridized carbons (Fsp3) is 0.391. The van der Waals surface area contributed by atoms with Gasteiger partial charge >= 0.3 is 0 Å². The molecule has 1 saturated heterocycles. The molecule has 2 aliphatic rings. The minimum atomic E-state index is -0.257. The number of aromatic nitrogens is 2. The van der Waals surface area contributed by atoms with Gasteiger partial charge in [-0.25, -0.2) is 9.97 Å². The van der Waals surface area contributed by atoms with Crippen LogP contribution in [0.4, 0.5) is 5.95 Å². The van der Waals surface area contributed by atoms with Crippen LogP contribution < -0.4 is 9.64 Å². The molecule has 2 amide bonds. The van der Waals surface area contributed by atoms with Crippen LogP contribution in [-0.4, -0.2) is 71.4 Å². The number of piperazine rings is 1. The number of para-hydroxylation sites is 1. The molecule has 0 saturated carbocycles. The van der Waals surface area contributed by atoms with E-state index in [0.29, 0.717) is 61.3 Å². The molecule has 8 nitrogen and oxygen atoms in total. The van der Waals surface area contributed by atoms with Gasteiger partial charge in [0.05, 0.1) is 12.7 Å². The van der Waals surface area contributed by atoms with Crippen LogP contribution in [-0.2, 0) is 9.59 Å². The quantitative estimate of drug-likeness (QED) is 0.661. The molecule has 0 atom stereocenters. The van der Waals surface area contributed by atoms with Crippen LogP contribution in [0.2, 0.25) is 0 Å². The van der Waals surface area contributed by atoms with Crippen LogP contribution in [0.15, 0.2) is 48.4 Å². The molecule has 0 aliphatic carbocycles. The van der Waals surface area contributed by atoms with Crippen molar-refractivity contribution in [3.63, 3.8) is 0 Å². The van der Waals surface area contributed by atoms with Gasteiger partial charge in [-0.2, -0.15) is 0 Å². The highest BCUT2D eigenvalue weighted by Crippen LogP contribution is 2.36. The number of hydrogen-bond acceptors (Lipinski definition) is 7. The molecule has 2 aromatic rings. The lowest BCUT2D eigenvalue weighted by Crippen LogP contribution is -2.48. The number of rotatable bonds is 6. The van der Waals surface area contributed by atoms with Crippen molar-refractivity contribution >= 4 is 23.3 Å². The van der Waals surface area contributed by atoms with Gasteiger partial charge in [0.15, 0.2) is 0 Å². The lowest BCUT2D eigenvalue weighted by atomic mass is 10.0. The molecule has 4 rings (SSSR count). The highest BCUT2D eigenvalue weighted by atomic mass is 16.5. The molecule has 0 unspecified atom stereocenters. The van der Waals surface area contributed by atoms with E-state index in [4.69, 9.17) is 4.74 Å². The van der Waals surface area contributed by atoms with Gasteiger partial charge in [-0.1, -0.05) is 32.0 Å². The van der Waals surface area contributed by atoms with E-state index in [2.05, 4.69) is 14.9 Å². The van der Waals surface area contributed by atoms with Gasteiger partial charge in [0, 0.05) is 50.7 Å². The number of amides is 2. The average Bonchev–Trinajstić information content (AvgIpc) is 3.04. The number of hydrogen-bond donors (Lipinski definition) is 0. The molecule has 1 fully saturated rings. The van der Waals surface area contributed by atoms with Crippen molar-refractivity contribution < 1.29 is 14.3 Å². The standard InChI is InChI=1S/C23H27N5O3/c1-16(2)15-28-21(29)19(17-7-4-5-8-18(17)31-3)20(22(28)30)26-11-13-27(14-12-26)23-24-9-6-10-25-23/h4-10,16H,11-15H2,1-3H3. The zero-order valence-corrected chi connectivity index (χ0v) is 18.1. The van der Waals surface area contributed by atoms with E-state index in [0.717, 1.165) is 0 Å². The van der Waals surface area contributed by atoms with Crippen molar-refractivity contribution in [3.05, 3.63) is 54.0 Å². The van der Waals surface area contributed by atoms with Crippen LogP contribution in [0.3, 0.4) is 0 Å². The zero-order valence-electron chi connectivity index (χ0n) is 18.1. The van der Waals surface area contributed by atoms with Gasteiger partial charge in [-0.3, -0.25) is 14.5 Å². The first-order valence-corrected chi connectivity index (χ1v) is 10.5. The van der Waals surface area contributed by atoms with Crippen LogP contribution in [0.5, 0.6) is 5.75 Å². The Bertz CT molecular complexity index is 997. The Kier molecular flexibility index (Phi) is 5.88. The molecular weight excluding hydrogens is 394 g/mol. The number of benzene rings is 1. The maximum absolute atomic E-state index is 13.4. The predicted molar refractivity (Wildman–Crippen MR) is 117 cm³/mol. The monoisotopic (exact) mass is 421 g/mol. The molecule has 31 heavy (non-hydrogen) atoms. The molecule has 0 N–H and O–H groups in total. The van der Waals surface area contributed by atoms with E-state index in [1.165, 1.54) is 4.90 Å². The maximum Gasteiger partial charge on any atom is 0.277 e. The zero-order chi connectivity index (χ0) is 22.0.